The van der Waals surface area contributed by atoms with E-state index in [1.807, 2.05) is 0 Å². The molecular weight excluding hydrogens is 208 g/mol. The maximum absolute atomic E-state index is 3.49. The van der Waals surface area contributed by atoms with Gasteiger partial charge in [-0.05, 0) is 49.6 Å². The summed E-state index contributed by atoms with van der Waals surface area (Å²) < 4.78 is 0. The second-order valence-electron chi connectivity index (χ2n) is 5.15. The van der Waals surface area contributed by atoms with Crippen LogP contribution < -0.4 is 10.2 Å². The third-order valence-electron chi connectivity index (χ3n) is 3.11. The van der Waals surface area contributed by atoms with Crippen LogP contribution in [0.1, 0.15) is 31.9 Å². The molecule has 0 unspecified atom stereocenters. The Morgan fingerprint density at radius 2 is 2.00 bits per heavy atom. The maximum atomic E-state index is 3.49. The quantitative estimate of drug-likeness (QED) is 0.813. The van der Waals surface area contributed by atoms with Crippen LogP contribution in [0.15, 0.2) is 18.2 Å². The van der Waals surface area contributed by atoms with E-state index >= 15 is 0 Å². The molecule has 1 aromatic carbocycles. The smallest absolute Gasteiger partial charge is 0.0366 e. The highest BCUT2D eigenvalue weighted by atomic mass is 15.1. The van der Waals surface area contributed by atoms with Gasteiger partial charge in [-0.2, -0.15) is 0 Å². The monoisotopic (exact) mass is 234 g/mol. The zero-order valence-electron chi connectivity index (χ0n) is 11.9. The molecule has 0 heterocycles. The first-order chi connectivity index (χ1) is 8.04. The minimum absolute atomic E-state index is 0.709. The molecule has 17 heavy (non-hydrogen) atoms. The number of anilines is 1. The van der Waals surface area contributed by atoms with E-state index in [1.54, 1.807) is 0 Å². The van der Waals surface area contributed by atoms with Gasteiger partial charge in [0.15, 0.2) is 0 Å². The lowest BCUT2D eigenvalue weighted by atomic mass is 10.1. The molecular formula is C15H26N2. The van der Waals surface area contributed by atoms with Crippen LogP contribution in [0.3, 0.4) is 0 Å². The molecule has 0 saturated carbocycles. The summed E-state index contributed by atoms with van der Waals surface area (Å²) in [6.45, 7) is 11.9. The molecule has 0 spiro atoms. The van der Waals surface area contributed by atoms with Gasteiger partial charge in [0.05, 0.1) is 0 Å². The van der Waals surface area contributed by atoms with Crippen LogP contribution in [-0.2, 0) is 6.54 Å². The highest BCUT2D eigenvalue weighted by molar-refractivity contribution is 5.50. The van der Waals surface area contributed by atoms with Crippen molar-refractivity contribution >= 4 is 5.69 Å². The summed E-state index contributed by atoms with van der Waals surface area (Å²) >= 11 is 0. The lowest BCUT2D eigenvalue weighted by Crippen LogP contribution is -2.20. The fourth-order valence-corrected chi connectivity index (χ4v) is 1.79. The van der Waals surface area contributed by atoms with Gasteiger partial charge in [0, 0.05) is 25.8 Å². The van der Waals surface area contributed by atoms with Crippen LogP contribution in [0.4, 0.5) is 5.69 Å². The summed E-state index contributed by atoms with van der Waals surface area (Å²) in [5, 5.41) is 3.49. The number of rotatable bonds is 6. The lowest BCUT2D eigenvalue weighted by molar-refractivity contribution is 0.551. The van der Waals surface area contributed by atoms with Crippen molar-refractivity contribution in [3.8, 4) is 0 Å². The molecule has 2 heteroatoms. The van der Waals surface area contributed by atoms with Crippen molar-refractivity contribution in [2.75, 3.05) is 25.0 Å². The third kappa shape index (κ3) is 4.39. The van der Waals surface area contributed by atoms with Gasteiger partial charge in [-0.1, -0.05) is 19.9 Å². The molecule has 0 bridgehead atoms. The Kier molecular flexibility index (Phi) is 5.49. The molecule has 0 aliphatic rings. The van der Waals surface area contributed by atoms with Gasteiger partial charge in [-0.25, -0.2) is 0 Å². The number of nitrogens with one attached hydrogen (secondary N) is 1. The second kappa shape index (κ2) is 6.65. The molecule has 1 aromatic rings. The van der Waals surface area contributed by atoms with Crippen molar-refractivity contribution in [2.24, 2.45) is 5.92 Å². The summed E-state index contributed by atoms with van der Waals surface area (Å²) in [6.07, 6.45) is 0. The first kappa shape index (κ1) is 14.0. The largest absolute Gasteiger partial charge is 0.375 e. The second-order valence-corrected chi connectivity index (χ2v) is 5.15. The first-order valence-corrected chi connectivity index (χ1v) is 6.56. The summed E-state index contributed by atoms with van der Waals surface area (Å²) in [5.74, 6) is 0.709. The predicted octanol–water partition coefficient (Wildman–Crippen LogP) is 3.20. The lowest BCUT2D eigenvalue weighted by Gasteiger charge is -2.18. The molecule has 0 saturated heterocycles. The van der Waals surface area contributed by atoms with E-state index in [1.165, 1.54) is 16.8 Å². The Balaban J connectivity index is 2.63. The van der Waals surface area contributed by atoms with Crippen LogP contribution in [0, 0.1) is 12.8 Å². The van der Waals surface area contributed by atoms with E-state index in [-0.39, 0.29) is 0 Å². The van der Waals surface area contributed by atoms with Gasteiger partial charge in [-0.3, -0.25) is 0 Å². The Bertz CT molecular complexity index is 345. The third-order valence-corrected chi connectivity index (χ3v) is 3.11. The van der Waals surface area contributed by atoms with Crippen molar-refractivity contribution in [1.29, 1.82) is 0 Å². The Morgan fingerprint density at radius 1 is 1.29 bits per heavy atom. The van der Waals surface area contributed by atoms with Crippen LogP contribution in [0.25, 0.3) is 0 Å². The van der Waals surface area contributed by atoms with Crippen LogP contribution in [-0.4, -0.2) is 20.1 Å². The van der Waals surface area contributed by atoms with Crippen LogP contribution in [0.5, 0.6) is 0 Å². The topological polar surface area (TPSA) is 15.3 Å². The van der Waals surface area contributed by atoms with E-state index in [4.69, 9.17) is 0 Å². The molecule has 0 radical (unpaired) electrons. The summed E-state index contributed by atoms with van der Waals surface area (Å²) in [4.78, 5) is 2.26. The van der Waals surface area contributed by atoms with Crippen molar-refractivity contribution in [3.05, 3.63) is 29.3 Å². The molecule has 2 nitrogen and oxygen atoms in total. The predicted molar refractivity (Wildman–Crippen MR) is 76.7 cm³/mol. The number of aryl methyl sites for hydroxylation is 1. The SMILES string of the molecule is CCN(C)c1ccc(CNCC(C)C)c(C)c1. The fourth-order valence-electron chi connectivity index (χ4n) is 1.79. The Hall–Kier alpha value is -1.02. The minimum atomic E-state index is 0.709. The van der Waals surface area contributed by atoms with Crippen molar-refractivity contribution < 1.29 is 0 Å². The Morgan fingerprint density at radius 3 is 2.53 bits per heavy atom. The zero-order valence-corrected chi connectivity index (χ0v) is 11.9. The van der Waals surface area contributed by atoms with E-state index in [2.05, 4.69) is 63.2 Å². The van der Waals surface area contributed by atoms with Crippen molar-refractivity contribution in [1.82, 2.24) is 5.32 Å². The molecule has 0 fully saturated rings. The van der Waals surface area contributed by atoms with E-state index < -0.39 is 0 Å². The summed E-state index contributed by atoms with van der Waals surface area (Å²) in [7, 11) is 2.13. The normalized spacial score (nSPS) is 10.9. The summed E-state index contributed by atoms with van der Waals surface area (Å²) in [5.41, 5.74) is 4.08. The van der Waals surface area contributed by atoms with Crippen molar-refractivity contribution in [3.63, 3.8) is 0 Å². The van der Waals surface area contributed by atoms with Crippen LogP contribution in [0.2, 0.25) is 0 Å². The highest BCUT2D eigenvalue weighted by Crippen LogP contribution is 2.18. The molecule has 0 aliphatic heterocycles. The molecule has 0 aliphatic carbocycles. The van der Waals surface area contributed by atoms with Gasteiger partial charge >= 0.3 is 0 Å². The minimum Gasteiger partial charge on any atom is -0.375 e. The van der Waals surface area contributed by atoms with Gasteiger partial charge < -0.3 is 10.2 Å². The van der Waals surface area contributed by atoms with Crippen LogP contribution >= 0.6 is 0 Å². The molecule has 0 aromatic heterocycles. The maximum Gasteiger partial charge on any atom is 0.0366 e. The van der Waals surface area contributed by atoms with E-state index in [0.717, 1.165) is 19.6 Å². The van der Waals surface area contributed by atoms with Gasteiger partial charge in [0.2, 0.25) is 0 Å². The number of hydrogen-bond acceptors (Lipinski definition) is 2. The van der Waals surface area contributed by atoms with Gasteiger partial charge in [0.25, 0.3) is 0 Å². The summed E-state index contributed by atoms with van der Waals surface area (Å²) in [6, 6.07) is 6.73. The fraction of sp³-hybridized carbons (Fsp3) is 0.600. The molecule has 96 valence electrons. The molecule has 0 amide bonds. The average molecular weight is 234 g/mol. The number of nitrogens with zero attached hydrogens (tertiary/aromatic N) is 1. The van der Waals surface area contributed by atoms with E-state index in [9.17, 15) is 0 Å². The van der Waals surface area contributed by atoms with E-state index in [0.29, 0.717) is 5.92 Å². The molecule has 0 atom stereocenters. The standard InChI is InChI=1S/C15H26N2/c1-6-17(5)15-8-7-14(13(4)9-15)11-16-10-12(2)3/h7-9,12,16H,6,10-11H2,1-5H3. The zero-order chi connectivity index (χ0) is 12.8. The highest BCUT2D eigenvalue weighted by Gasteiger charge is 2.03. The molecule has 1 N–H and O–H groups in total. The number of benzene rings is 1. The van der Waals surface area contributed by atoms with Gasteiger partial charge in [-0.15, -0.1) is 0 Å². The number of hydrogen-bond donors (Lipinski definition) is 1. The van der Waals surface area contributed by atoms with Crippen molar-refractivity contribution in [2.45, 2.75) is 34.2 Å². The van der Waals surface area contributed by atoms with Gasteiger partial charge in [0.1, 0.15) is 0 Å². The molecule has 1 rings (SSSR count). The first-order valence-electron chi connectivity index (χ1n) is 6.56. The Labute approximate surface area is 106 Å². The average Bonchev–Trinajstić information content (AvgIpc) is 2.29.